The Balaban J connectivity index is 1.60. The van der Waals surface area contributed by atoms with Crippen LogP contribution in [0.1, 0.15) is 34.9 Å². The van der Waals surface area contributed by atoms with E-state index in [0.717, 1.165) is 25.1 Å². The molecule has 0 N–H and O–H groups in total. The number of carbonyl (C=O) groups is 1. The van der Waals surface area contributed by atoms with E-state index in [1.807, 2.05) is 48.2 Å². The van der Waals surface area contributed by atoms with Gasteiger partial charge in [0.2, 0.25) is 0 Å². The van der Waals surface area contributed by atoms with Gasteiger partial charge in [-0.3, -0.25) is 4.79 Å². The van der Waals surface area contributed by atoms with Crippen LogP contribution in [0.25, 0.3) is 0 Å². The highest BCUT2D eigenvalue weighted by Crippen LogP contribution is 2.19. The molecule has 25 heavy (non-hydrogen) atoms. The molecule has 7 nitrogen and oxygen atoms in total. The van der Waals surface area contributed by atoms with Crippen LogP contribution in [-0.2, 0) is 11.3 Å². The SMILES string of the molecule is Cc1noc(COC2CCCN(C(=O)c3cccc(N(C)C)c3)C2)n1. The van der Waals surface area contributed by atoms with Crippen molar-refractivity contribution in [2.75, 3.05) is 32.1 Å². The van der Waals surface area contributed by atoms with Gasteiger partial charge in [-0.2, -0.15) is 4.98 Å². The zero-order valence-electron chi connectivity index (χ0n) is 14.9. The van der Waals surface area contributed by atoms with E-state index in [1.165, 1.54) is 0 Å². The number of amides is 1. The third-order valence-electron chi connectivity index (χ3n) is 4.29. The fraction of sp³-hybridized carbons (Fsp3) is 0.500. The molecule has 2 heterocycles. The summed E-state index contributed by atoms with van der Waals surface area (Å²) < 4.78 is 10.9. The average Bonchev–Trinajstić information content (AvgIpc) is 3.05. The van der Waals surface area contributed by atoms with E-state index < -0.39 is 0 Å². The van der Waals surface area contributed by atoms with Crippen LogP contribution in [0.15, 0.2) is 28.8 Å². The molecule has 0 aliphatic carbocycles. The molecule has 1 fully saturated rings. The van der Waals surface area contributed by atoms with Gasteiger partial charge in [-0.25, -0.2) is 0 Å². The van der Waals surface area contributed by atoms with Gasteiger partial charge >= 0.3 is 0 Å². The van der Waals surface area contributed by atoms with Crippen molar-refractivity contribution >= 4 is 11.6 Å². The van der Waals surface area contributed by atoms with E-state index in [9.17, 15) is 4.79 Å². The lowest BCUT2D eigenvalue weighted by molar-refractivity contribution is -0.0153. The van der Waals surface area contributed by atoms with E-state index in [2.05, 4.69) is 10.1 Å². The van der Waals surface area contributed by atoms with Gasteiger partial charge in [-0.1, -0.05) is 11.2 Å². The summed E-state index contributed by atoms with van der Waals surface area (Å²) in [4.78, 5) is 20.8. The molecule has 0 saturated carbocycles. The highest BCUT2D eigenvalue weighted by Gasteiger charge is 2.25. The third kappa shape index (κ3) is 4.36. The Morgan fingerprint density at radius 2 is 2.28 bits per heavy atom. The van der Waals surface area contributed by atoms with Gasteiger partial charge in [0, 0.05) is 38.4 Å². The Bertz CT molecular complexity index is 729. The third-order valence-corrected chi connectivity index (χ3v) is 4.29. The minimum atomic E-state index is -0.0121. The van der Waals surface area contributed by atoms with Crippen LogP contribution in [0.5, 0.6) is 0 Å². The zero-order chi connectivity index (χ0) is 17.8. The second-order valence-corrected chi connectivity index (χ2v) is 6.51. The predicted molar refractivity (Wildman–Crippen MR) is 93.5 cm³/mol. The van der Waals surface area contributed by atoms with E-state index in [-0.39, 0.29) is 18.6 Å². The lowest BCUT2D eigenvalue weighted by Gasteiger charge is -2.32. The van der Waals surface area contributed by atoms with Crippen molar-refractivity contribution in [1.29, 1.82) is 0 Å². The van der Waals surface area contributed by atoms with Crippen LogP contribution in [0.2, 0.25) is 0 Å². The molecule has 0 bridgehead atoms. The molecule has 1 unspecified atom stereocenters. The molecule has 1 saturated heterocycles. The summed E-state index contributed by atoms with van der Waals surface area (Å²) in [5.41, 5.74) is 1.72. The number of carbonyl (C=O) groups excluding carboxylic acids is 1. The van der Waals surface area contributed by atoms with E-state index in [1.54, 1.807) is 6.92 Å². The fourth-order valence-electron chi connectivity index (χ4n) is 2.95. The largest absolute Gasteiger partial charge is 0.378 e. The van der Waals surface area contributed by atoms with Gasteiger partial charge in [-0.15, -0.1) is 0 Å². The van der Waals surface area contributed by atoms with Crippen LogP contribution in [0.3, 0.4) is 0 Å². The summed E-state index contributed by atoms with van der Waals surface area (Å²) >= 11 is 0. The highest BCUT2D eigenvalue weighted by atomic mass is 16.5. The minimum Gasteiger partial charge on any atom is -0.378 e. The van der Waals surface area contributed by atoms with Gasteiger partial charge in [0.05, 0.1) is 6.10 Å². The fourth-order valence-corrected chi connectivity index (χ4v) is 2.95. The molecular formula is C18H24N4O3. The quantitative estimate of drug-likeness (QED) is 0.828. The van der Waals surface area contributed by atoms with Crippen molar-refractivity contribution in [3.8, 4) is 0 Å². The van der Waals surface area contributed by atoms with E-state index >= 15 is 0 Å². The first-order valence-corrected chi connectivity index (χ1v) is 8.50. The summed E-state index contributed by atoms with van der Waals surface area (Å²) in [6.07, 6.45) is 1.84. The number of hydrogen-bond acceptors (Lipinski definition) is 6. The summed E-state index contributed by atoms with van der Waals surface area (Å²) in [7, 11) is 3.93. The van der Waals surface area contributed by atoms with Gasteiger partial charge in [-0.05, 0) is 38.0 Å². The second kappa shape index (κ2) is 7.65. The molecule has 1 amide bonds. The minimum absolute atomic E-state index is 0.0121. The number of hydrogen-bond donors (Lipinski definition) is 0. The lowest BCUT2D eigenvalue weighted by Crippen LogP contribution is -2.43. The number of rotatable bonds is 5. The molecule has 0 spiro atoms. The van der Waals surface area contributed by atoms with Crippen LogP contribution < -0.4 is 4.90 Å². The van der Waals surface area contributed by atoms with Crippen LogP contribution >= 0.6 is 0 Å². The number of benzene rings is 1. The van der Waals surface area contributed by atoms with Gasteiger partial charge in [0.1, 0.15) is 6.61 Å². The van der Waals surface area contributed by atoms with Crippen molar-refractivity contribution in [3.05, 3.63) is 41.5 Å². The molecule has 3 rings (SSSR count). The lowest BCUT2D eigenvalue weighted by atomic mass is 10.1. The number of ether oxygens (including phenoxy) is 1. The number of anilines is 1. The molecule has 1 aromatic carbocycles. The first-order valence-electron chi connectivity index (χ1n) is 8.50. The summed E-state index contributed by atoms with van der Waals surface area (Å²) in [6, 6.07) is 7.69. The first kappa shape index (κ1) is 17.4. The molecule has 7 heteroatoms. The highest BCUT2D eigenvalue weighted by molar-refractivity contribution is 5.95. The predicted octanol–water partition coefficient (Wildman–Crippen LogP) is 2.27. The number of aryl methyl sites for hydroxylation is 1. The Kier molecular flexibility index (Phi) is 5.33. The van der Waals surface area contributed by atoms with Gasteiger partial charge in [0.25, 0.3) is 11.8 Å². The zero-order valence-corrected chi connectivity index (χ0v) is 14.9. The molecule has 134 valence electrons. The average molecular weight is 344 g/mol. The molecule has 0 radical (unpaired) electrons. The standard InChI is InChI=1S/C18H24N4O3/c1-13-19-17(25-20-13)12-24-16-8-5-9-22(11-16)18(23)14-6-4-7-15(10-14)21(2)3/h4,6-7,10,16H,5,8-9,11-12H2,1-3H3. The normalized spacial score (nSPS) is 17.6. The van der Waals surface area contributed by atoms with E-state index in [0.29, 0.717) is 23.8 Å². The van der Waals surface area contributed by atoms with E-state index in [4.69, 9.17) is 9.26 Å². The monoisotopic (exact) mass is 344 g/mol. The Hall–Kier alpha value is -2.41. The molecule has 1 aromatic heterocycles. The van der Waals surface area contributed by atoms with Crippen LogP contribution in [0.4, 0.5) is 5.69 Å². The van der Waals surface area contributed by atoms with Gasteiger partial charge in [0.15, 0.2) is 5.82 Å². The van der Waals surface area contributed by atoms with Crippen LogP contribution in [0, 0.1) is 6.92 Å². The summed E-state index contributed by atoms with van der Waals surface area (Å²) in [5, 5.41) is 3.75. The summed E-state index contributed by atoms with van der Waals surface area (Å²) in [6.45, 7) is 3.39. The Morgan fingerprint density at radius 3 is 3.00 bits per heavy atom. The number of aromatic nitrogens is 2. The number of likely N-dealkylation sites (tertiary alicyclic amines) is 1. The molecular weight excluding hydrogens is 320 g/mol. The maximum atomic E-state index is 12.8. The second-order valence-electron chi connectivity index (χ2n) is 6.51. The maximum Gasteiger partial charge on any atom is 0.254 e. The first-order chi connectivity index (χ1) is 12.0. The molecule has 1 atom stereocenters. The van der Waals surface area contributed by atoms with Crippen molar-refractivity contribution in [2.24, 2.45) is 0 Å². The van der Waals surface area contributed by atoms with Gasteiger partial charge < -0.3 is 19.1 Å². The van der Waals surface area contributed by atoms with Crippen molar-refractivity contribution < 1.29 is 14.1 Å². The van der Waals surface area contributed by atoms with Crippen molar-refractivity contribution in [1.82, 2.24) is 15.0 Å². The number of nitrogens with zero attached hydrogens (tertiary/aromatic N) is 4. The molecule has 1 aliphatic heterocycles. The summed E-state index contributed by atoms with van der Waals surface area (Å²) in [5.74, 6) is 1.12. The number of piperidine rings is 1. The Morgan fingerprint density at radius 1 is 1.44 bits per heavy atom. The molecule has 2 aromatic rings. The van der Waals surface area contributed by atoms with Crippen LogP contribution in [-0.4, -0.2) is 54.2 Å². The van der Waals surface area contributed by atoms with Crippen molar-refractivity contribution in [3.63, 3.8) is 0 Å². The Labute approximate surface area is 147 Å². The maximum absolute atomic E-state index is 12.8. The van der Waals surface area contributed by atoms with Crippen molar-refractivity contribution in [2.45, 2.75) is 32.5 Å². The topological polar surface area (TPSA) is 71.7 Å². The molecule has 1 aliphatic rings. The smallest absolute Gasteiger partial charge is 0.254 e.